The largest absolute Gasteiger partial charge is 0.207 e. The summed E-state index contributed by atoms with van der Waals surface area (Å²) in [6.07, 6.45) is 0. The molecule has 0 aliphatic rings. The molecule has 0 fully saturated rings. The highest BCUT2D eigenvalue weighted by Crippen LogP contribution is 2.37. The smallest absolute Gasteiger partial charge is 0.129 e. The van der Waals surface area contributed by atoms with Gasteiger partial charge in [0, 0.05) is 19.0 Å². The van der Waals surface area contributed by atoms with Crippen LogP contribution in [0.4, 0.5) is 4.39 Å². The standard InChI is InChI=1S/C13H6Br3Cl2F/c14-7-1-6(2-8(15)3-7)13(18)9-4-11(17)10(16)5-12(9)19/h1-5,13H. The molecule has 1 unspecified atom stereocenters. The van der Waals surface area contributed by atoms with Gasteiger partial charge in [0.25, 0.3) is 0 Å². The van der Waals surface area contributed by atoms with E-state index in [1.807, 2.05) is 18.2 Å². The van der Waals surface area contributed by atoms with Gasteiger partial charge in [-0.2, -0.15) is 0 Å². The zero-order valence-corrected chi connectivity index (χ0v) is 15.5. The molecule has 6 heteroatoms. The summed E-state index contributed by atoms with van der Waals surface area (Å²) in [6, 6.07) is 8.43. The Morgan fingerprint density at radius 3 is 2.11 bits per heavy atom. The zero-order valence-electron chi connectivity index (χ0n) is 9.23. The van der Waals surface area contributed by atoms with E-state index in [1.54, 1.807) is 0 Å². The average Bonchev–Trinajstić information content (AvgIpc) is 2.31. The second kappa shape index (κ2) is 6.44. The third-order valence-electron chi connectivity index (χ3n) is 2.49. The molecular formula is C13H6Br3Cl2F. The second-order valence-electron chi connectivity index (χ2n) is 3.85. The first kappa shape index (κ1) is 15.8. The minimum Gasteiger partial charge on any atom is -0.207 e. The maximum atomic E-state index is 14.0. The summed E-state index contributed by atoms with van der Waals surface area (Å²) in [7, 11) is 0. The van der Waals surface area contributed by atoms with Crippen LogP contribution in [-0.2, 0) is 0 Å². The predicted octanol–water partition coefficient (Wildman–Crippen LogP) is 7.09. The Labute approximate surface area is 145 Å². The molecule has 0 saturated carbocycles. The first-order valence-corrected chi connectivity index (χ1v) is 8.32. The van der Waals surface area contributed by atoms with Crippen LogP contribution in [0.15, 0.2) is 43.7 Å². The summed E-state index contributed by atoms with van der Waals surface area (Å²) in [5, 5.41) is -0.185. The maximum absolute atomic E-state index is 14.0. The van der Waals surface area contributed by atoms with Gasteiger partial charge < -0.3 is 0 Å². The molecule has 2 rings (SSSR count). The Morgan fingerprint density at radius 2 is 1.53 bits per heavy atom. The molecule has 0 aliphatic carbocycles. The molecule has 0 spiro atoms. The Balaban J connectivity index is 2.49. The summed E-state index contributed by atoms with van der Waals surface area (Å²) in [5.74, 6) is -0.396. The highest BCUT2D eigenvalue weighted by molar-refractivity contribution is 9.11. The third kappa shape index (κ3) is 3.73. The topological polar surface area (TPSA) is 0 Å². The van der Waals surface area contributed by atoms with Crippen molar-refractivity contribution >= 4 is 71.0 Å². The number of hydrogen-bond donors (Lipinski definition) is 0. The van der Waals surface area contributed by atoms with Gasteiger partial charge in [-0.1, -0.05) is 43.5 Å². The van der Waals surface area contributed by atoms with E-state index in [9.17, 15) is 4.39 Å². The molecule has 1 atom stereocenters. The van der Waals surface area contributed by atoms with Gasteiger partial charge in [-0.15, -0.1) is 11.6 Å². The summed E-state index contributed by atoms with van der Waals surface area (Å²) >= 11 is 22.3. The first-order valence-electron chi connectivity index (χ1n) is 5.13. The van der Waals surface area contributed by atoms with E-state index in [0.717, 1.165) is 14.5 Å². The van der Waals surface area contributed by atoms with Crippen molar-refractivity contribution in [1.29, 1.82) is 0 Å². The van der Waals surface area contributed by atoms with Gasteiger partial charge in [0.05, 0.1) is 10.4 Å². The fourth-order valence-corrected chi connectivity index (χ4v) is 3.74. The van der Waals surface area contributed by atoms with Gasteiger partial charge in [0.1, 0.15) is 5.82 Å². The minimum absolute atomic E-state index is 0.347. The third-order valence-corrected chi connectivity index (χ3v) is 5.09. The second-order valence-corrected chi connectivity index (χ2v) is 7.38. The minimum atomic E-state index is -0.612. The summed E-state index contributed by atoms with van der Waals surface area (Å²) < 4.78 is 16.2. The van der Waals surface area contributed by atoms with Gasteiger partial charge >= 0.3 is 0 Å². The lowest BCUT2D eigenvalue weighted by Crippen LogP contribution is -1.98. The molecule has 100 valence electrons. The number of benzene rings is 2. The van der Waals surface area contributed by atoms with Gasteiger partial charge in [0.15, 0.2) is 0 Å². The lowest BCUT2D eigenvalue weighted by Gasteiger charge is -2.13. The first-order chi connectivity index (χ1) is 8.88. The number of halogens is 6. The van der Waals surface area contributed by atoms with E-state index in [4.69, 9.17) is 23.2 Å². The van der Waals surface area contributed by atoms with E-state index in [2.05, 4.69) is 47.8 Å². The van der Waals surface area contributed by atoms with Gasteiger partial charge in [-0.25, -0.2) is 4.39 Å². The Kier molecular flexibility index (Phi) is 5.34. The molecule has 19 heavy (non-hydrogen) atoms. The van der Waals surface area contributed by atoms with Crippen LogP contribution in [0.2, 0.25) is 5.02 Å². The normalized spacial score (nSPS) is 12.5. The molecule has 0 saturated heterocycles. The van der Waals surface area contributed by atoms with E-state index >= 15 is 0 Å². The molecule has 0 aliphatic heterocycles. The zero-order chi connectivity index (χ0) is 14.2. The molecule has 2 aromatic rings. The van der Waals surface area contributed by atoms with Crippen LogP contribution in [-0.4, -0.2) is 0 Å². The molecule has 0 heterocycles. The van der Waals surface area contributed by atoms with Crippen LogP contribution < -0.4 is 0 Å². The summed E-state index contributed by atoms with van der Waals surface area (Å²) in [4.78, 5) is 0. The lowest BCUT2D eigenvalue weighted by molar-refractivity contribution is 0.611. The van der Waals surface area contributed by atoms with Crippen molar-refractivity contribution < 1.29 is 4.39 Å². The fourth-order valence-electron chi connectivity index (χ4n) is 1.63. The van der Waals surface area contributed by atoms with Crippen LogP contribution in [0, 0.1) is 5.82 Å². The Bertz CT molecular complexity index is 611. The molecule has 0 nitrogen and oxygen atoms in total. The van der Waals surface area contributed by atoms with Crippen LogP contribution in [0.1, 0.15) is 16.5 Å². The Morgan fingerprint density at radius 1 is 0.947 bits per heavy atom. The molecule has 0 bridgehead atoms. The molecule has 0 aromatic heterocycles. The van der Waals surface area contributed by atoms with Crippen LogP contribution in [0.5, 0.6) is 0 Å². The molecule has 0 amide bonds. The van der Waals surface area contributed by atoms with Gasteiger partial charge in [-0.3, -0.25) is 0 Å². The van der Waals surface area contributed by atoms with E-state index in [1.165, 1.54) is 12.1 Å². The fraction of sp³-hybridized carbons (Fsp3) is 0.0769. The lowest BCUT2D eigenvalue weighted by atomic mass is 10.0. The molecule has 0 radical (unpaired) electrons. The number of hydrogen-bond acceptors (Lipinski definition) is 0. The maximum Gasteiger partial charge on any atom is 0.129 e. The molecule has 2 aromatic carbocycles. The molecule has 0 N–H and O–H groups in total. The average molecular weight is 492 g/mol. The van der Waals surface area contributed by atoms with Crippen LogP contribution in [0.25, 0.3) is 0 Å². The number of rotatable bonds is 2. The van der Waals surface area contributed by atoms with Crippen molar-refractivity contribution in [2.45, 2.75) is 5.38 Å². The van der Waals surface area contributed by atoms with E-state index in [-0.39, 0.29) is 0 Å². The van der Waals surface area contributed by atoms with E-state index in [0.29, 0.717) is 15.1 Å². The van der Waals surface area contributed by atoms with Crippen molar-refractivity contribution in [2.75, 3.05) is 0 Å². The van der Waals surface area contributed by atoms with Crippen molar-refractivity contribution in [2.24, 2.45) is 0 Å². The SMILES string of the molecule is Fc1cc(Br)c(Cl)cc1C(Cl)c1cc(Br)cc(Br)c1. The number of alkyl halides is 1. The monoisotopic (exact) mass is 488 g/mol. The van der Waals surface area contributed by atoms with Crippen molar-refractivity contribution in [3.05, 3.63) is 65.7 Å². The van der Waals surface area contributed by atoms with Crippen molar-refractivity contribution in [3.63, 3.8) is 0 Å². The highest BCUT2D eigenvalue weighted by atomic mass is 79.9. The molecular weight excluding hydrogens is 486 g/mol. The summed E-state index contributed by atoms with van der Waals surface area (Å²) in [6.45, 7) is 0. The van der Waals surface area contributed by atoms with Crippen molar-refractivity contribution in [3.8, 4) is 0 Å². The Hall–Kier alpha value is 0.390. The van der Waals surface area contributed by atoms with Gasteiger partial charge in [-0.05, 0) is 51.8 Å². The van der Waals surface area contributed by atoms with Crippen LogP contribution >= 0.6 is 71.0 Å². The quantitative estimate of drug-likeness (QED) is 0.311. The van der Waals surface area contributed by atoms with Gasteiger partial charge in [0.2, 0.25) is 0 Å². The van der Waals surface area contributed by atoms with Crippen molar-refractivity contribution in [1.82, 2.24) is 0 Å². The van der Waals surface area contributed by atoms with E-state index < -0.39 is 11.2 Å². The highest BCUT2D eigenvalue weighted by Gasteiger charge is 2.18. The summed E-state index contributed by atoms with van der Waals surface area (Å²) in [5.41, 5.74) is 1.13. The van der Waals surface area contributed by atoms with Crippen LogP contribution in [0.3, 0.4) is 0 Å². The predicted molar refractivity (Wildman–Crippen MR) is 88.6 cm³/mol.